The van der Waals surface area contributed by atoms with Crippen molar-refractivity contribution in [2.75, 3.05) is 13.2 Å². The topological polar surface area (TPSA) is 89.7 Å². The van der Waals surface area contributed by atoms with Gasteiger partial charge in [0, 0.05) is 35.7 Å². The summed E-state index contributed by atoms with van der Waals surface area (Å²) in [6, 6.07) is 22.7. The normalized spacial score (nSPS) is 10.4. The Morgan fingerprint density at radius 3 is 2.03 bits per heavy atom. The van der Waals surface area contributed by atoms with Crippen molar-refractivity contribution in [2.24, 2.45) is 5.73 Å². The van der Waals surface area contributed by atoms with Crippen molar-refractivity contribution in [3.63, 3.8) is 0 Å². The summed E-state index contributed by atoms with van der Waals surface area (Å²) in [6.45, 7) is 0.363. The molecule has 2 N–H and O–H groups in total. The molecule has 3 rings (SSSR count). The van der Waals surface area contributed by atoms with Gasteiger partial charge in [-0.05, 0) is 54.1 Å². The van der Waals surface area contributed by atoms with Crippen molar-refractivity contribution in [3.8, 4) is 5.75 Å². The first-order chi connectivity index (χ1) is 15.4. The van der Waals surface area contributed by atoms with Crippen LogP contribution in [0.15, 0.2) is 78.9 Å². The smallest absolute Gasteiger partial charge is 0.260 e. The molecule has 0 aliphatic rings. The van der Waals surface area contributed by atoms with Gasteiger partial charge in [0.15, 0.2) is 12.4 Å². The van der Waals surface area contributed by atoms with Crippen LogP contribution in [0.25, 0.3) is 0 Å². The van der Waals surface area contributed by atoms with Gasteiger partial charge >= 0.3 is 0 Å². The van der Waals surface area contributed by atoms with E-state index in [9.17, 15) is 14.4 Å². The quantitative estimate of drug-likeness (QED) is 0.475. The molecule has 0 saturated carbocycles. The lowest BCUT2D eigenvalue weighted by Crippen LogP contribution is -2.36. The van der Waals surface area contributed by atoms with Gasteiger partial charge in [0.1, 0.15) is 5.75 Å². The second kappa shape index (κ2) is 11.1. The first-order valence-electron chi connectivity index (χ1n) is 10.1. The molecule has 0 heterocycles. The second-order valence-corrected chi connectivity index (χ2v) is 7.60. The third-order valence-corrected chi connectivity index (χ3v) is 5.03. The summed E-state index contributed by atoms with van der Waals surface area (Å²) in [5.74, 6) is -0.417. The summed E-state index contributed by atoms with van der Waals surface area (Å²) < 4.78 is 5.61. The number of amides is 2. The minimum absolute atomic E-state index is 0.0695. The van der Waals surface area contributed by atoms with Crippen LogP contribution in [0.3, 0.4) is 0 Å². The molecule has 3 aromatic carbocycles. The fourth-order valence-corrected chi connectivity index (χ4v) is 3.17. The summed E-state index contributed by atoms with van der Waals surface area (Å²) in [5, 5.41) is 0.562. The first-order valence-corrected chi connectivity index (χ1v) is 10.4. The Labute approximate surface area is 191 Å². The van der Waals surface area contributed by atoms with Crippen LogP contribution in [0, 0.1) is 0 Å². The Balaban J connectivity index is 1.60. The van der Waals surface area contributed by atoms with E-state index in [1.54, 1.807) is 53.4 Å². The van der Waals surface area contributed by atoms with Gasteiger partial charge in [0.05, 0.1) is 0 Å². The van der Waals surface area contributed by atoms with Crippen molar-refractivity contribution in [2.45, 2.75) is 13.0 Å². The average molecular weight is 451 g/mol. The van der Waals surface area contributed by atoms with Crippen molar-refractivity contribution < 1.29 is 19.1 Å². The van der Waals surface area contributed by atoms with E-state index in [1.165, 1.54) is 0 Å². The predicted octanol–water partition coefficient (Wildman–Crippen LogP) is 3.85. The van der Waals surface area contributed by atoms with Crippen molar-refractivity contribution >= 4 is 29.2 Å². The number of rotatable bonds is 10. The van der Waals surface area contributed by atoms with E-state index in [-0.39, 0.29) is 31.3 Å². The molecular formula is C25H23ClN2O4. The van der Waals surface area contributed by atoms with Gasteiger partial charge in [-0.2, -0.15) is 0 Å². The molecule has 0 fully saturated rings. The monoisotopic (exact) mass is 450 g/mol. The van der Waals surface area contributed by atoms with E-state index >= 15 is 0 Å². The van der Waals surface area contributed by atoms with Crippen LogP contribution in [0.5, 0.6) is 5.75 Å². The fraction of sp³-hybridized carbons (Fsp3) is 0.160. The number of primary amides is 1. The van der Waals surface area contributed by atoms with Gasteiger partial charge in [-0.3, -0.25) is 14.4 Å². The molecule has 0 bridgehead atoms. The van der Waals surface area contributed by atoms with E-state index in [2.05, 4.69) is 0 Å². The molecule has 6 nitrogen and oxygen atoms in total. The molecule has 0 unspecified atom stereocenters. The lowest BCUT2D eigenvalue weighted by molar-refractivity contribution is -0.134. The maximum Gasteiger partial charge on any atom is 0.260 e. The highest BCUT2D eigenvalue weighted by molar-refractivity contribution is 6.30. The summed E-state index contributed by atoms with van der Waals surface area (Å²) in [4.78, 5) is 38.0. The van der Waals surface area contributed by atoms with E-state index < -0.39 is 5.91 Å². The number of hydrogen-bond donors (Lipinski definition) is 1. The summed E-state index contributed by atoms with van der Waals surface area (Å²) in [5.41, 5.74) is 7.22. The number of hydrogen-bond acceptors (Lipinski definition) is 4. The van der Waals surface area contributed by atoms with Crippen LogP contribution in [0.2, 0.25) is 5.02 Å². The van der Waals surface area contributed by atoms with E-state index in [0.29, 0.717) is 28.4 Å². The Kier molecular flexibility index (Phi) is 8.00. The number of ether oxygens (including phenoxy) is 1. The van der Waals surface area contributed by atoms with E-state index in [1.807, 2.05) is 30.3 Å². The van der Waals surface area contributed by atoms with Crippen LogP contribution in [-0.2, 0) is 16.1 Å². The Morgan fingerprint density at radius 1 is 0.844 bits per heavy atom. The second-order valence-electron chi connectivity index (χ2n) is 7.17. The molecule has 3 aromatic rings. The largest absolute Gasteiger partial charge is 0.484 e. The van der Waals surface area contributed by atoms with Gasteiger partial charge in [-0.25, -0.2) is 0 Å². The maximum atomic E-state index is 12.7. The summed E-state index contributed by atoms with van der Waals surface area (Å²) >= 11 is 5.86. The van der Waals surface area contributed by atoms with Crippen LogP contribution < -0.4 is 10.5 Å². The highest BCUT2D eigenvalue weighted by Gasteiger charge is 2.16. The van der Waals surface area contributed by atoms with Crippen molar-refractivity contribution in [1.82, 2.24) is 4.90 Å². The van der Waals surface area contributed by atoms with E-state index in [0.717, 1.165) is 5.56 Å². The minimum atomic E-state index is -0.474. The molecule has 32 heavy (non-hydrogen) atoms. The van der Waals surface area contributed by atoms with Crippen LogP contribution in [0.4, 0.5) is 0 Å². The molecule has 2 amide bonds. The number of carbonyl (C=O) groups excluding carboxylic acids is 3. The summed E-state index contributed by atoms with van der Waals surface area (Å²) in [6.07, 6.45) is 0.0695. The standard InChI is InChI=1S/C25H23ClN2O4/c26-21-10-6-19(7-11-21)25(31)20-8-12-22(13-9-20)32-17-24(30)28(15-14-23(27)29)16-18-4-2-1-3-5-18/h1-13H,14-17H2,(H2,27,29). The number of nitrogens with two attached hydrogens (primary N) is 1. The Hall–Kier alpha value is -3.64. The maximum absolute atomic E-state index is 12.7. The molecule has 0 aliphatic carbocycles. The Bertz CT molecular complexity index is 1070. The first kappa shape index (κ1) is 23.0. The van der Waals surface area contributed by atoms with Crippen LogP contribution in [0.1, 0.15) is 27.9 Å². The third kappa shape index (κ3) is 6.68. The minimum Gasteiger partial charge on any atom is -0.484 e. The Morgan fingerprint density at radius 2 is 1.44 bits per heavy atom. The van der Waals surface area contributed by atoms with Gasteiger partial charge in [0.2, 0.25) is 5.91 Å². The molecule has 7 heteroatoms. The highest BCUT2D eigenvalue weighted by Crippen LogP contribution is 2.17. The average Bonchev–Trinajstić information content (AvgIpc) is 2.81. The predicted molar refractivity (Wildman–Crippen MR) is 122 cm³/mol. The lowest BCUT2D eigenvalue weighted by Gasteiger charge is -2.22. The summed E-state index contributed by atoms with van der Waals surface area (Å²) in [7, 11) is 0. The molecule has 0 spiro atoms. The zero-order valence-corrected chi connectivity index (χ0v) is 18.1. The molecule has 0 saturated heterocycles. The fourth-order valence-electron chi connectivity index (χ4n) is 3.05. The zero-order valence-electron chi connectivity index (χ0n) is 17.4. The van der Waals surface area contributed by atoms with Crippen molar-refractivity contribution in [3.05, 3.63) is 101 Å². The van der Waals surface area contributed by atoms with Crippen LogP contribution >= 0.6 is 11.6 Å². The van der Waals surface area contributed by atoms with Crippen molar-refractivity contribution in [1.29, 1.82) is 0 Å². The molecule has 164 valence electrons. The number of benzene rings is 3. The van der Waals surface area contributed by atoms with Gasteiger partial charge in [-0.1, -0.05) is 41.9 Å². The van der Waals surface area contributed by atoms with E-state index in [4.69, 9.17) is 22.1 Å². The SMILES string of the molecule is NC(=O)CCN(Cc1ccccc1)C(=O)COc1ccc(C(=O)c2ccc(Cl)cc2)cc1. The van der Waals surface area contributed by atoms with Gasteiger partial charge in [0.25, 0.3) is 5.91 Å². The molecule has 0 radical (unpaired) electrons. The molecule has 0 atom stereocenters. The van der Waals surface area contributed by atoms with Crippen LogP contribution in [-0.4, -0.2) is 35.6 Å². The molecule has 0 aliphatic heterocycles. The molecular weight excluding hydrogens is 428 g/mol. The number of ketones is 1. The lowest BCUT2D eigenvalue weighted by atomic mass is 10.0. The molecule has 0 aromatic heterocycles. The highest BCUT2D eigenvalue weighted by atomic mass is 35.5. The van der Waals surface area contributed by atoms with Gasteiger partial charge in [-0.15, -0.1) is 0 Å². The zero-order chi connectivity index (χ0) is 22.9. The third-order valence-electron chi connectivity index (χ3n) is 4.78. The van der Waals surface area contributed by atoms with Gasteiger partial charge < -0.3 is 15.4 Å². The number of halogens is 1. The number of nitrogens with zero attached hydrogens (tertiary/aromatic N) is 1. The number of carbonyl (C=O) groups is 3.